The molecule has 3 aliphatic rings. The molecule has 3 aliphatic heterocycles. The summed E-state index contributed by atoms with van der Waals surface area (Å²) >= 11 is 0. The van der Waals surface area contributed by atoms with Crippen molar-refractivity contribution in [1.29, 1.82) is 0 Å². The lowest BCUT2D eigenvalue weighted by Gasteiger charge is -2.41. The zero-order valence-corrected chi connectivity index (χ0v) is 27.7. The van der Waals surface area contributed by atoms with Gasteiger partial charge in [-0.15, -0.1) is 0 Å². The predicted octanol–water partition coefficient (Wildman–Crippen LogP) is 8.28. The monoisotopic (exact) mass is 637 g/mol. The highest BCUT2D eigenvalue weighted by atomic mass is 31.2. The van der Waals surface area contributed by atoms with Gasteiger partial charge in [0, 0.05) is 0 Å². The Morgan fingerprint density at radius 3 is 1.35 bits per heavy atom. The predicted molar refractivity (Wildman–Crippen MR) is 178 cm³/mol. The smallest absolute Gasteiger partial charge is 0.336 e. The van der Waals surface area contributed by atoms with Crippen LogP contribution in [0.25, 0.3) is 0 Å². The van der Waals surface area contributed by atoms with Crippen LogP contribution in [0.5, 0.6) is 0 Å². The third-order valence-electron chi connectivity index (χ3n) is 8.76. The first-order valence-corrected chi connectivity index (χ1v) is 16.9. The molecule has 4 aromatic rings. The summed E-state index contributed by atoms with van der Waals surface area (Å²) in [4.78, 5) is 4.75. The van der Waals surface area contributed by atoms with Gasteiger partial charge in [-0.2, -0.15) is 0 Å². The lowest BCUT2D eigenvalue weighted by molar-refractivity contribution is -0.177. The summed E-state index contributed by atoms with van der Waals surface area (Å²) in [7, 11) is -2.16. The molecule has 2 saturated heterocycles. The molecule has 0 unspecified atom stereocenters. The molecule has 7 rings (SSSR count). The molecule has 46 heavy (non-hydrogen) atoms. The van der Waals surface area contributed by atoms with Crippen LogP contribution in [0.2, 0.25) is 0 Å². The normalized spacial score (nSPS) is 25.2. The van der Waals surface area contributed by atoms with E-state index in [1.165, 1.54) is 0 Å². The minimum absolute atomic E-state index is 0.0328. The first-order valence-electron chi connectivity index (χ1n) is 15.8. The van der Waals surface area contributed by atoms with Gasteiger partial charge >= 0.3 is 8.60 Å². The van der Waals surface area contributed by atoms with Gasteiger partial charge in [0.05, 0.1) is 6.04 Å². The SMILES string of the molecule is C[C@H]1COC(C(C)(C)OP2OC(c3ccccc3)(c3ccccc3)[C@@H]3OC(C)(C)O[C@H]3C(c3ccccc3)(c3ccccc3)O2)=N1. The zero-order chi connectivity index (χ0) is 32.0. The van der Waals surface area contributed by atoms with Crippen LogP contribution in [0.1, 0.15) is 56.9 Å². The maximum atomic E-state index is 7.40. The minimum Gasteiger partial charge on any atom is -0.477 e. The summed E-state index contributed by atoms with van der Waals surface area (Å²) < 4.78 is 41.8. The number of rotatable bonds is 7. The Kier molecular flexibility index (Phi) is 8.13. The van der Waals surface area contributed by atoms with Crippen molar-refractivity contribution < 1.29 is 27.8 Å². The summed E-state index contributed by atoms with van der Waals surface area (Å²) in [6, 6.07) is 40.7. The second-order valence-corrected chi connectivity index (χ2v) is 14.0. The Balaban J connectivity index is 1.52. The molecule has 0 bridgehead atoms. The number of hydrogen-bond donors (Lipinski definition) is 0. The molecular formula is C38H40NO6P. The van der Waals surface area contributed by atoms with E-state index in [9.17, 15) is 0 Å². The molecule has 0 N–H and O–H groups in total. The second-order valence-electron chi connectivity index (χ2n) is 13.0. The van der Waals surface area contributed by atoms with Crippen LogP contribution >= 0.6 is 8.60 Å². The first kappa shape index (κ1) is 31.2. The summed E-state index contributed by atoms with van der Waals surface area (Å²) in [6.07, 6.45) is -1.35. The van der Waals surface area contributed by atoms with Crippen LogP contribution in [0.3, 0.4) is 0 Å². The molecule has 8 heteroatoms. The first-order chi connectivity index (χ1) is 22.1. The molecule has 2 fully saturated rings. The van der Waals surface area contributed by atoms with Crippen molar-refractivity contribution in [3.63, 3.8) is 0 Å². The van der Waals surface area contributed by atoms with Gasteiger partial charge in [0.15, 0.2) is 17.0 Å². The van der Waals surface area contributed by atoms with Crippen molar-refractivity contribution in [3.8, 4) is 0 Å². The molecule has 0 spiro atoms. The third kappa shape index (κ3) is 5.39. The van der Waals surface area contributed by atoms with E-state index >= 15 is 0 Å². The van der Waals surface area contributed by atoms with Gasteiger partial charge in [0.1, 0.15) is 24.4 Å². The van der Waals surface area contributed by atoms with E-state index in [0.717, 1.165) is 22.3 Å². The largest absolute Gasteiger partial charge is 0.477 e. The topological polar surface area (TPSA) is 67.7 Å². The Labute approximate surface area is 272 Å². The van der Waals surface area contributed by atoms with Crippen molar-refractivity contribution in [3.05, 3.63) is 144 Å². The highest BCUT2D eigenvalue weighted by Gasteiger charge is 2.67. The molecule has 0 saturated carbocycles. The lowest BCUT2D eigenvalue weighted by Crippen LogP contribution is -2.53. The molecule has 3 atom stereocenters. The molecule has 0 aliphatic carbocycles. The summed E-state index contributed by atoms with van der Waals surface area (Å²) in [6.45, 7) is 10.3. The van der Waals surface area contributed by atoms with Crippen LogP contribution in [-0.4, -0.2) is 42.1 Å². The van der Waals surface area contributed by atoms with E-state index in [1.54, 1.807) is 0 Å². The number of aliphatic imine (C=N–C) groups is 1. The maximum absolute atomic E-state index is 7.40. The summed E-state index contributed by atoms with van der Waals surface area (Å²) in [5.74, 6) is -0.447. The van der Waals surface area contributed by atoms with Gasteiger partial charge in [-0.25, -0.2) is 4.99 Å². The van der Waals surface area contributed by atoms with Gasteiger partial charge in [-0.3, -0.25) is 13.6 Å². The Morgan fingerprint density at radius 2 is 1.02 bits per heavy atom. The quantitative estimate of drug-likeness (QED) is 0.190. The van der Waals surface area contributed by atoms with Crippen LogP contribution in [-0.2, 0) is 39.0 Å². The number of ether oxygens (including phenoxy) is 3. The standard InChI is InChI=1S/C38H40NO6P/c1-27-26-40-34(39-27)35(2,3)43-46-44-37(28-18-10-6-11-19-28,29-20-12-7-13-21-29)32-33(42-36(4,5)41-32)38(45-46,30-22-14-8-15-23-30)31-24-16-9-17-25-31/h6-25,27,32-33H,26H2,1-5H3/t27-,32+,33+/m0/s1. The van der Waals surface area contributed by atoms with Gasteiger partial charge < -0.3 is 14.2 Å². The highest BCUT2D eigenvalue weighted by molar-refractivity contribution is 7.41. The fourth-order valence-electron chi connectivity index (χ4n) is 6.72. The highest BCUT2D eigenvalue weighted by Crippen LogP contribution is 2.65. The molecule has 7 nitrogen and oxygen atoms in total. The molecule has 4 aromatic carbocycles. The van der Waals surface area contributed by atoms with Crippen molar-refractivity contribution in [2.45, 2.75) is 75.5 Å². The molecule has 0 aromatic heterocycles. The lowest BCUT2D eigenvalue weighted by atomic mass is 9.72. The van der Waals surface area contributed by atoms with Crippen molar-refractivity contribution in [2.24, 2.45) is 4.99 Å². The van der Waals surface area contributed by atoms with Crippen LogP contribution in [0.15, 0.2) is 126 Å². The number of benzene rings is 4. The average molecular weight is 638 g/mol. The summed E-state index contributed by atoms with van der Waals surface area (Å²) in [5.41, 5.74) is 0.240. The van der Waals surface area contributed by atoms with Crippen molar-refractivity contribution >= 4 is 14.5 Å². The zero-order valence-electron chi connectivity index (χ0n) is 26.8. The molecule has 3 heterocycles. The van der Waals surface area contributed by atoms with Crippen molar-refractivity contribution in [1.82, 2.24) is 0 Å². The third-order valence-corrected chi connectivity index (χ3v) is 10.2. The van der Waals surface area contributed by atoms with E-state index in [4.69, 9.17) is 32.8 Å². The fourth-order valence-corrected chi connectivity index (χ4v) is 8.39. The molecular weight excluding hydrogens is 597 g/mol. The van der Waals surface area contributed by atoms with E-state index in [1.807, 2.05) is 107 Å². The Hall–Kier alpha value is -3.42. The van der Waals surface area contributed by atoms with Crippen molar-refractivity contribution in [2.75, 3.05) is 6.61 Å². The maximum Gasteiger partial charge on any atom is 0.336 e. The molecule has 0 amide bonds. The average Bonchev–Trinajstić information content (AvgIpc) is 3.64. The molecule has 238 valence electrons. The number of hydrogen-bond acceptors (Lipinski definition) is 7. The van der Waals surface area contributed by atoms with Crippen LogP contribution < -0.4 is 0 Å². The Bertz CT molecular complexity index is 1480. The van der Waals surface area contributed by atoms with E-state index in [2.05, 4.69) is 48.5 Å². The van der Waals surface area contributed by atoms with Gasteiger partial charge in [0.25, 0.3) is 0 Å². The minimum atomic E-state index is -2.16. The second kappa shape index (κ2) is 12.0. The number of nitrogens with zero attached hydrogens (tertiary/aromatic N) is 1. The van der Waals surface area contributed by atoms with Gasteiger partial charge in [0.2, 0.25) is 5.90 Å². The van der Waals surface area contributed by atoms with E-state index < -0.39 is 43.4 Å². The molecule has 0 radical (unpaired) electrons. The van der Waals surface area contributed by atoms with E-state index in [-0.39, 0.29) is 6.04 Å². The van der Waals surface area contributed by atoms with Gasteiger partial charge in [-0.1, -0.05) is 121 Å². The van der Waals surface area contributed by atoms with Gasteiger partial charge in [-0.05, 0) is 56.9 Å². The van der Waals surface area contributed by atoms with E-state index in [0.29, 0.717) is 12.5 Å². The Morgan fingerprint density at radius 1 is 0.652 bits per heavy atom. The fraction of sp³-hybridized carbons (Fsp3) is 0.342. The van der Waals surface area contributed by atoms with Crippen LogP contribution in [0.4, 0.5) is 0 Å². The van der Waals surface area contributed by atoms with Crippen LogP contribution in [0, 0.1) is 0 Å². The summed E-state index contributed by atoms with van der Waals surface area (Å²) in [5, 5.41) is 0. The number of fused-ring (bicyclic) bond motifs is 1.